The molecule has 138 valence electrons. The molecule has 2 rings (SSSR count). The molecule has 0 spiro atoms. The number of aliphatic carboxylic acids is 1. The number of benzene rings is 2. The first-order chi connectivity index (χ1) is 12.1. The number of amides is 1. The topological polar surface area (TPSA) is 66.4 Å². The van der Waals surface area contributed by atoms with E-state index in [0.717, 1.165) is 30.3 Å². The van der Waals surface area contributed by atoms with Gasteiger partial charge in [0.2, 0.25) is 0 Å². The van der Waals surface area contributed by atoms with Crippen LogP contribution in [0.3, 0.4) is 0 Å². The van der Waals surface area contributed by atoms with Gasteiger partial charge in [-0.3, -0.25) is 4.79 Å². The number of alkyl halides is 3. The van der Waals surface area contributed by atoms with Crippen LogP contribution in [0, 0.1) is 11.6 Å². The van der Waals surface area contributed by atoms with Gasteiger partial charge in [0, 0.05) is 12.5 Å². The molecule has 9 heteroatoms. The van der Waals surface area contributed by atoms with Crippen molar-refractivity contribution >= 4 is 11.9 Å². The zero-order valence-corrected chi connectivity index (χ0v) is 13.0. The second-order valence-electron chi connectivity index (χ2n) is 5.35. The zero-order chi connectivity index (χ0) is 19.5. The molecule has 0 saturated heterocycles. The Bertz CT molecular complexity index is 835. The normalized spacial score (nSPS) is 12.5. The van der Waals surface area contributed by atoms with Crippen LogP contribution in [-0.4, -0.2) is 23.0 Å². The zero-order valence-electron chi connectivity index (χ0n) is 13.0. The Morgan fingerprint density at radius 3 is 2.31 bits per heavy atom. The number of hydrogen-bond donors (Lipinski definition) is 2. The Morgan fingerprint density at radius 2 is 1.73 bits per heavy atom. The van der Waals surface area contributed by atoms with Crippen molar-refractivity contribution in [2.24, 2.45) is 0 Å². The molecule has 0 aromatic heterocycles. The molecular weight excluding hydrogens is 361 g/mol. The SMILES string of the molecule is O=C(N[C@H](Cc1ccccc1C(F)(F)F)C(=O)O)c1ccc(F)cc1F. The first-order valence-electron chi connectivity index (χ1n) is 7.23. The molecule has 0 heterocycles. The Balaban J connectivity index is 2.26. The highest BCUT2D eigenvalue weighted by Crippen LogP contribution is 2.32. The number of hydrogen-bond acceptors (Lipinski definition) is 2. The third-order valence-corrected chi connectivity index (χ3v) is 3.53. The Morgan fingerprint density at radius 1 is 1.08 bits per heavy atom. The van der Waals surface area contributed by atoms with Gasteiger partial charge in [0.1, 0.15) is 17.7 Å². The summed E-state index contributed by atoms with van der Waals surface area (Å²) in [4.78, 5) is 23.3. The summed E-state index contributed by atoms with van der Waals surface area (Å²) in [7, 11) is 0. The van der Waals surface area contributed by atoms with Gasteiger partial charge in [-0.15, -0.1) is 0 Å². The van der Waals surface area contributed by atoms with E-state index in [4.69, 9.17) is 0 Å². The summed E-state index contributed by atoms with van der Waals surface area (Å²) in [5.74, 6) is -4.94. The van der Waals surface area contributed by atoms with Crippen LogP contribution in [0.1, 0.15) is 21.5 Å². The van der Waals surface area contributed by atoms with Crippen LogP contribution in [0.4, 0.5) is 22.0 Å². The van der Waals surface area contributed by atoms with Crippen LogP contribution >= 0.6 is 0 Å². The van der Waals surface area contributed by atoms with E-state index in [9.17, 15) is 36.6 Å². The largest absolute Gasteiger partial charge is 0.480 e. The first-order valence-corrected chi connectivity index (χ1v) is 7.23. The van der Waals surface area contributed by atoms with Crippen LogP contribution in [0.5, 0.6) is 0 Å². The van der Waals surface area contributed by atoms with E-state index in [-0.39, 0.29) is 5.56 Å². The predicted octanol–water partition coefficient (Wildman–Crippen LogP) is 3.41. The molecule has 0 unspecified atom stereocenters. The lowest BCUT2D eigenvalue weighted by Gasteiger charge is -2.18. The maximum absolute atomic E-state index is 13.6. The number of carbonyl (C=O) groups excluding carboxylic acids is 1. The lowest BCUT2D eigenvalue weighted by Crippen LogP contribution is -2.43. The third kappa shape index (κ3) is 4.56. The maximum Gasteiger partial charge on any atom is 0.416 e. The summed E-state index contributed by atoms with van der Waals surface area (Å²) in [6.45, 7) is 0. The minimum absolute atomic E-state index is 0.340. The quantitative estimate of drug-likeness (QED) is 0.790. The number of halogens is 5. The molecule has 0 bridgehead atoms. The number of carboxylic acid groups (broad SMARTS) is 1. The molecule has 0 radical (unpaired) electrons. The maximum atomic E-state index is 13.6. The second-order valence-corrected chi connectivity index (χ2v) is 5.35. The van der Waals surface area contributed by atoms with Crippen molar-refractivity contribution in [3.63, 3.8) is 0 Å². The summed E-state index contributed by atoms with van der Waals surface area (Å²) in [6, 6.07) is 4.62. The molecule has 0 aliphatic carbocycles. The Hall–Kier alpha value is -2.97. The Labute approximate surface area is 144 Å². The van der Waals surface area contributed by atoms with Crippen molar-refractivity contribution in [1.82, 2.24) is 5.32 Å². The fourth-order valence-corrected chi connectivity index (χ4v) is 2.30. The molecule has 1 amide bonds. The number of nitrogens with one attached hydrogen (secondary N) is 1. The molecule has 2 N–H and O–H groups in total. The lowest BCUT2D eigenvalue weighted by atomic mass is 9.99. The van der Waals surface area contributed by atoms with Gasteiger partial charge >= 0.3 is 12.1 Å². The highest BCUT2D eigenvalue weighted by Gasteiger charge is 2.34. The molecule has 2 aromatic carbocycles. The smallest absolute Gasteiger partial charge is 0.416 e. The molecule has 1 atom stereocenters. The number of carbonyl (C=O) groups is 2. The summed E-state index contributed by atoms with van der Waals surface area (Å²) in [6.07, 6.45) is -5.37. The fraction of sp³-hybridized carbons (Fsp3) is 0.176. The second kappa shape index (κ2) is 7.51. The summed E-state index contributed by atoms with van der Waals surface area (Å²) in [5.41, 5.74) is -2.00. The van der Waals surface area contributed by atoms with E-state index in [1.165, 1.54) is 6.07 Å². The molecule has 2 aromatic rings. The van der Waals surface area contributed by atoms with Gasteiger partial charge < -0.3 is 10.4 Å². The molecular formula is C17H12F5NO3. The molecule has 4 nitrogen and oxygen atoms in total. The van der Waals surface area contributed by atoms with Crippen LogP contribution < -0.4 is 5.32 Å². The van der Waals surface area contributed by atoms with Crippen LogP contribution in [-0.2, 0) is 17.4 Å². The first kappa shape index (κ1) is 19.4. The van der Waals surface area contributed by atoms with Gasteiger partial charge in [0.15, 0.2) is 0 Å². The van der Waals surface area contributed by atoms with Crippen LogP contribution in [0.25, 0.3) is 0 Å². The van der Waals surface area contributed by atoms with Gasteiger partial charge in [0.05, 0.1) is 11.1 Å². The highest BCUT2D eigenvalue weighted by molar-refractivity contribution is 5.96. The monoisotopic (exact) mass is 373 g/mol. The minimum Gasteiger partial charge on any atom is -0.480 e. The summed E-state index contributed by atoms with van der Waals surface area (Å²) < 4.78 is 65.5. The third-order valence-electron chi connectivity index (χ3n) is 3.53. The van der Waals surface area contributed by atoms with Gasteiger partial charge in [-0.1, -0.05) is 18.2 Å². The van der Waals surface area contributed by atoms with E-state index >= 15 is 0 Å². The van der Waals surface area contributed by atoms with Crippen molar-refractivity contribution in [2.75, 3.05) is 0 Å². The van der Waals surface area contributed by atoms with Crippen molar-refractivity contribution in [2.45, 2.75) is 18.6 Å². The number of carboxylic acids is 1. The van der Waals surface area contributed by atoms with Crippen molar-refractivity contribution in [3.8, 4) is 0 Å². The van der Waals surface area contributed by atoms with E-state index in [2.05, 4.69) is 0 Å². The van der Waals surface area contributed by atoms with E-state index in [1.54, 1.807) is 0 Å². The number of rotatable bonds is 5. The van der Waals surface area contributed by atoms with Gasteiger partial charge in [-0.25, -0.2) is 13.6 Å². The standard InChI is InChI=1S/C17H12F5NO3/c18-10-5-6-11(13(19)8-10)15(24)23-14(16(25)26)7-9-3-1-2-4-12(9)17(20,21)22/h1-6,8,14H,7H2,(H,23,24)(H,25,26)/t14-/m1/s1. The summed E-state index contributed by atoms with van der Waals surface area (Å²) in [5, 5.41) is 11.1. The molecule has 0 fully saturated rings. The predicted molar refractivity (Wildman–Crippen MR) is 80.4 cm³/mol. The van der Waals surface area contributed by atoms with Crippen LogP contribution in [0.2, 0.25) is 0 Å². The Kier molecular flexibility index (Phi) is 5.59. The molecule has 26 heavy (non-hydrogen) atoms. The minimum atomic E-state index is -4.70. The molecule has 0 aliphatic rings. The van der Waals surface area contributed by atoms with Gasteiger partial charge in [-0.2, -0.15) is 13.2 Å². The fourth-order valence-electron chi connectivity index (χ4n) is 2.30. The average Bonchev–Trinajstić information content (AvgIpc) is 2.53. The van der Waals surface area contributed by atoms with E-state index < -0.39 is 53.3 Å². The molecule has 0 aliphatic heterocycles. The van der Waals surface area contributed by atoms with Crippen LogP contribution in [0.15, 0.2) is 42.5 Å². The average molecular weight is 373 g/mol. The lowest BCUT2D eigenvalue weighted by molar-refractivity contribution is -0.141. The van der Waals surface area contributed by atoms with Crippen molar-refractivity contribution in [3.05, 3.63) is 70.8 Å². The van der Waals surface area contributed by atoms with Crippen molar-refractivity contribution < 1.29 is 36.6 Å². The van der Waals surface area contributed by atoms with E-state index in [1.807, 2.05) is 5.32 Å². The highest BCUT2D eigenvalue weighted by atomic mass is 19.4. The van der Waals surface area contributed by atoms with E-state index in [0.29, 0.717) is 6.07 Å². The van der Waals surface area contributed by atoms with Gasteiger partial charge in [-0.05, 0) is 23.8 Å². The molecule has 0 saturated carbocycles. The van der Waals surface area contributed by atoms with Crippen molar-refractivity contribution in [1.29, 1.82) is 0 Å². The summed E-state index contributed by atoms with van der Waals surface area (Å²) >= 11 is 0. The van der Waals surface area contributed by atoms with Gasteiger partial charge in [0.25, 0.3) is 5.91 Å².